The van der Waals surface area contributed by atoms with Crippen LogP contribution in [0.15, 0.2) is 29.4 Å². The average molecular weight is 191 g/mol. The Morgan fingerprint density at radius 2 is 2.07 bits per heavy atom. The molecule has 0 atom stereocenters. The molecule has 0 fully saturated rings. The van der Waals surface area contributed by atoms with E-state index in [0.717, 1.165) is 5.56 Å². The van der Waals surface area contributed by atoms with Crippen molar-refractivity contribution >= 4 is 12.6 Å². The first-order chi connectivity index (χ1) is 6.75. The highest BCUT2D eigenvalue weighted by Crippen LogP contribution is 1.98. The summed E-state index contributed by atoms with van der Waals surface area (Å²) in [6, 6.07) is 6.95. The predicted molar refractivity (Wildman–Crippen MR) is 54.0 cm³/mol. The molecule has 5 nitrogen and oxygen atoms in total. The van der Waals surface area contributed by atoms with Crippen LogP contribution in [0.5, 0.6) is 0 Å². The van der Waals surface area contributed by atoms with Crippen molar-refractivity contribution in [1.29, 1.82) is 0 Å². The van der Waals surface area contributed by atoms with E-state index in [4.69, 9.17) is 15.6 Å². The molecule has 0 saturated heterocycles. The molecule has 0 spiro atoms. The number of rotatable bonds is 4. The lowest BCUT2D eigenvalue weighted by atomic mass is 9.76. The molecular weight excluding hydrogens is 181 g/mol. The Labute approximate surface area is 81.8 Å². The summed E-state index contributed by atoms with van der Waals surface area (Å²) in [5.74, 6) is 0. The minimum absolute atomic E-state index is 0.320. The van der Waals surface area contributed by atoms with Crippen molar-refractivity contribution in [3.05, 3.63) is 40.3 Å². The number of nitrogens with zero attached hydrogens (tertiary/aromatic N) is 3. The summed E-state index contributed by atoms with van der Waals surface area (Å²) in [5.41, 5.74) is 9.33. The Balaban J connectivity index is 2.79. The van der Waals surface area contributed by atoms with Crippen LogP contribution < -0.4 is 5.46 Å². The second-order valence-corrected chi connectivity index (χ2v) is 2.78. The van der Waals surface area contributed by atoms with Gasteiger partial charge in [0.1, 0.15) is 0 Å². The Morgan fingerprint density at radius 1 is 1.36 bits per heavy atom. The fourth-order valence-electron chi connectivity index (χ4n) is 1.23. The molecule has 0 aromatic heterocycles. The molecule has 0 aliphatic carbocycles. The standard InChI is InChI=1S/C8H10BN3O2/c10-12-11-6-5-7-3-1-2-4-8(7)9(13)14/h1-4,13-14H,5-6H2. The van der Waals surface area contributed by atoms with Gasteiger partial charge in [-0.25, -0.2) is 0 Å². The summed E-state index contributed by atoms with van der Waals surface area (Å²) < 4.78 is 0. The quantitative estimate of drug-likeness (QED) is 0.308. The molecule has 0 heterocycles. The second-order valence-electron chi connectivity index (χ2n) is 2.78. The van der Waals surface area contributed by atoms with Crippen LogP contribution in [0.1, 0.15) is 5.56 Å². The van der Waals surface area contributed by atoms with Gasteiger partial charge in [-0.1, -0.05) is 29.4 Å². The Bertz CT molecular complexity index is 350. The van der Waals surface area contributed by atoms with E-state index in [-0.39, 0.29) is 0 Å². The summed E-state index contributed by atoms with van der Waals surface area (Å²) in [6.45, 7) is 0.320. The minimum atomic E-state index is -1.47. The lowest BCUT2D eigenvalue weighted by molar-refractivity contribution is 0.425. The lowest BCUT2D eigenvalue weighted by Crippen LogP contribution is -2.33. The van der Waals surface area contributed by atoms with Crippen molar-refractivity contribution < 1.29 is 10.0 Å². The van der Waals surface area contributed by atoms with E-state index in [1.54, 1.807) is 24.3 Å². The van der Waals surface area contributed by atoms with Crippen LogP contribution in [0, 0.1) is 0 Å². The van der Waals surface area contributed by atoms with Gasteiger partial charge < -0.3 is 10.0 Å². The Morgan fingerprint density at radius 3 is 2.71 bits per heavy atom. The molecule has 0 unspecified atom stereocenters. The molecule has 1 rings (SSSR count). The normalized spacial score (nSPS) is 9.29. The topological polar surface area (TPSA) is 89.2 Å². The van der Waals surface area contributed by atoms with E-state index in [0.29, 0.717) is 18.4 Å². The van der Waals surface area contributed by atoms with Crippen LogP contribution in [-0.2, 0) is 6.42 Å². The fraction of sp³-hybridized carbons (Fsp3) is 0.250. The van der Waals surface area contributed by atoms with Gasteiger partial charge in [-0.15, -0.1) is 0 Å². The monoisotopic (exact) mass is 191 g/mol. The predicted octanol–water partition coefficient (Wildman–Crippen LogP) is 0.219. The van der Waals surface area contributed by atoms with Crippen LogP contribution >= 0.6 is 0 Å². The number of hydrogen-bond donors (Lipinski definition) is 2. The zero-order valence-electron chi connectivity index (χ0n) is 7.54. The maximum absolute atomic E-state index is 9.01. The van der Waals surface area contributed by atoms with Gasteiger partial charge in [-0.05, 0) is 23.0 Å². The first-order valence-corrected chi connectivity index (χ1v) is 4.20. The third kappa shape index (κ3) is 2.78. The fourth-order valence-corrected chi connectivity index (χ4v) is 1.23. The van der Waals surface area contributed by atoms with E-state index in [2.05, 4.69) is 10.0 Å². The minimum Gasteiger partial charge on any atom is -0.423 e. The van der Waals surface area contributed by atoms with Crippen LogP contribution in [0.3, 0.4) is 0 Å². The Hall–Kier alpha value is -1.49. The van der Waals surface area contributed by atoms with Gasteiger partial charge in [0.05, 0.1) is 0 Å². The van der Waals surface area contributed by atoms with E-state index in [9.17, 15) is 0 Å². The summed E-state index contributed by atoms with van der Waals surface area (Å²) >= 11 is 0. The molecule has 0 saturated carbocycles. The maximum atomic E-state index is 9.01. The van der Waals surface area contributed by atoms with E-state index in [1.165, 1.54) is 0 Å². The van der Waals surface area contributed by atoms with Crippen LogP contribution in [0.2, 0.25) is 0 Å². The molecule has 6 heteroatoms. The Kier molecular flexibility index (Phi) is 4.00. The van der Waals surface area contributed by atoms with E-state index < -0.39 is 7.12 Å². The van der Waals surface area contributed by atoms with Crippen LogP contribution in [0.25, 0.3) is 10.4 Å². The number of hydrogen-bond acceptors (Lipinski definition) is 3. The first-order valence-electron chi connectivity index (χ1n) is 4.20. The van der Waals surface area contributed by atoms with Crippen molar-refractivity contribution in [3.8, 4) is 0 Å². The smallest absolute Gasteiger partial charge is 0.423 e. The summed E-state index contributed by atoms with van der Waals surface area (Å²) in [7, 11) is -1.47. The third-order valence-electron chi connectivity index (χ3n) is 1.88. The summed E-state index contributed by atoms with van der Waals surface area (Å²) in [6.07, 6.45) is 0.512. The van der Waals surface area contributed by atoms with Gasteiger partial charge >= 0.3 is 7.12 Å². The van der Waals surface area contributed by atoms with Crippen molar-refractivity contribution in [2.24, 2.45) is 5.11 Å². The molecule has 0 amide bonds. The van der Waals surface area contributed by atoms with Crippen LogP contribution in [-0.4, -0.2) is 23.7 Å². The molecule has 72 valence electrons. The van der Waals surface area contributed by atoms with Gasteiger partial charge in [0.25, 0.3) is 0 Å². The van der Waals surface area contributed by atoms with E-state index in [1.807, 2.05) is 0 Å². The summed E-state index contributed by atoms with van der Waals surface area (Å²) in [5, 5.41) is 21.4. The number of azide groups is 1. The molecule has 1 aromatic rings. The van der Waals surface area contributed by atoms with Crippen molar-refractivity contribution in [1.82, 2.24) is 0 Å². The van der Waals surface area contributed by atoms with Crippen molar-refractivity contribution in [3.63, 3.8) is 0 Å². The van der Waals surface area contributed by atoms with Crippen molar-refractivity contribution in [2.45, 2.75) is 6.42 Å². The SMILES string of the molecule is [N-]=[N+]=NCCc1ccccc1B(O)O. The summed E-state index contributed by atoms with van der Waals surface area (Å²) in [4.78, 5) is 2.63. The highest BCUT2D eigenvalue weighted by Gasteiger charge is 2.14. The van der Waals surface area contributed by atoms with E-state index >= 15 is 0 Å². The van der Waals surface area contributed by atoms with Gasteiger partial charge in [0, 0.05) is 11.5 Å². The van der Waals surface area contributed by atoms with Gasteiger partial charge in [-0.2, -0.15) is 0 Å². The molecule has 0 radical (unpaired) electrons. The van der Waals surface area contributed by atoms with Gasteiger partial charge in [0.15, 0.2) is 0 Å². The lowest BCUT2D eigenvalue weighted by Gasteiger charge is -2.06. The molecule has 0 aliphatic rings. The zero-order chi connectivity index (χ0) is 10.4. The molecule has 2 N–H and O–H groups in total. The third-order valence-corrected chi connectivity index (χ3v) is 1.88. The van der Waals surface area contributed by atoms with Gasteiger partial charge in [0.2, 0.25) is 0 Å². The average Bonchev–Trinajstić information content (AvgIpc) is 2.19. The first kappa shape index (κ1) is 10.6. The highest BCUT2D eigenvalue weighted by molar-refractivity contribution is 6.59. The number of benzene rings is 1. The van der Waals surface area contributed by atoms with Gasteiger partial charge in [-0.3, -0.25) is 0 Å². The van der Waals surface area contributed by atoms with Crippen LogP contribution in [0.4, 0.5) is 0 Å². The zero-order valence-corrected chi connectivity index (χ0v) is 7.54. The molecule has 0 aliphatic heterocycles. The maximum Gasteiger partial charge on any atom is 0.488 e. The molecule has 0 bridgehead atoms. The molecule has 1 aromatic carbocycles. The van der Waals surface area contributed by atoms with Crippen molar-refractivity contribution in [2.75, 3.05) is 6.54 Å². The highest BCUT2D eigenvalue weighted by atomic mass is 16.4. The molecular formula is C8H10BN3O2. The second kappa shape index (κ2) is 5.29. The molecule has 14 heavy (non-hydrogen) atoms. The largest absolute Gasteiger partial charge is 0.488 e.